The molecule has 0 saturated heterocycles. The van der Waals surface area contributed by atoms with Crippen LogP contribution in [0.15, 0.2) is 55.1 Å². The summed E-state index contributed by atoms with van der Waals surface area (Å²) in [7, 11) is 0. The van der Waals surface area contributed by atoms with Crippen LogP contribution in [0.1, 0.15) is 0 Å². The molecule has 3 heterocycles. The van der Waals surface area contributed by atoms with Crippen molar-refractivity contribution in [3.8, 4) is 22.3 Å². The SMILES string of the molecule is Clc1ccc2[nH]cc(-c3c[nH]cc3-c3c[nH]c4cc(Cl)c(Cl)cc34)c2c1. The van der Waals surface area contributed by atoms with E-state index in [1.165, 1.54) is 0 Å². The van der Waals surface area contributed by atoms with Gasteiger partial charge in [-0.25, -0.2) is 0 Å². The third-order valence-corrected chi connectivity index (χ3v) is 5.65. The molecule has 5 rings (SSSR count). The van der Waals surface area contributed by atoms with Gasteiger partial charge in [-0.1, -0.05) is 34.8 Å². The lowest BCUT2D eigenvalue weighted by atomic mass is 9.98. The molecule has 6 heteroatoms. The molecule has 3 nitrogen and oxygen atoms in total. The standard InChI is InChI=1S/C20H12Cl3N3/c21-10-1-2-19-11(3-10)15(8-25-19)13-6-24-7-14(13)16-9-26-20-5-18(23)17(22)4-12(16)20/h1-9,24-26H. The lowest BCUT2D eigenvalue weighted by Crippen LogP contribution is -1.79. The van der Waals surface area contributed by atoms with Crippen LogP contribution in [0.25, 0.3) is 44.1 Å². The molecule has 0 unspecified atom stereocenters. The Bertz CT molecular complexity index is 1280. The molecule has 0 saturated carbocycles. The number of fused-ring (bicyclic) bond motifs is 2. The summed E-state index contributed by atoms with van der Waals surface area (Å²) in [6.45, 7) is 0. The number of H-pyrrole nitrogens is 3. The van der Waals surface area contributed by atoms with E-state index in [1.807, 2.05) is 55.1 Å². The number of aromatic nitrogens is 3. The number of rotatable bonds is 2. The van der Waals surface area contributed by atoms with E-state index in [4.69, 9.17) is 34.8 Å². The number of halogens is 3. The van der Waals surface area contributed by atoms with Gasteiger partial charge in [0.15, 0.2) is 0 Å². The minimum atomic E-state index is 0.535. The summed E-state index contributed by atoms with van der Waals surface area (Å²) in [4.78, 5) is 9.81. The molecule has 3 N–H and O–H groups in total. The summed E-state index contributed by atoms with van der Waals surface area (Å²) in [5.74, 6) is 0. The highest BCUT2D eigenvalue weighted by atomic mass is 35.5. The van der Waals surface area contributed by atoms with Crippen molar-refractivity contribution in [2.45, 2.75) is 0 Å². The van der Waals surface area contributed by atoms with E-state index < -0.39 is 0 Å². The second-order valence-corrected chi connectivity index (χ2v) is 7.44. The first-order chi connectivity index (χ1) is 12.6. The van der Waals surface area contributed by atoms with Crippen molar-refractivity contribution in [3.05, 3.63) is 70.2 Å². The smallest absolute Gasteiger partial charge is 0.0613 e. The molecule has 0 amide bonds. The molecular formula is C20H12Cl3N3. The monoisotopic (exact) mass is 399 g/mol. The van der Waals surface area contributed by atoms with Crippen LogP contribution in [0, 0.1) is 0 Å². The lowest BCUT2D eigenvalue weighted by Gasteiger charge is -2.04. The maximum absolute atomic E-state index is 6.24. The molecular weight excluding hydrogens is 389 g/mol. The van der Waals surface area contributed by atoms with Crippen LogP contribution in [0.2, 0.25) is 15.1 Å². The molecule has 26 heavy (non-hydrogen) atoms. The minimum absolute atomic E-state index is 0.535. The second kappa shape index (κ2) is 5.85. The fourth-order valence-electron chi connectivity index (χ4n) is 3.46. The Balaban J connectivity index is 1.75. The summed E-state index contributed by atoms with van der Waals surface area (Å²) < 4.78 is 0. The van der Waals surface area contributed by atoms with Gasteiger partial charge in [0.25, 0.3) is 0 Å². The van der Waals surface area contributed by atoms with Gasteiger partial charge < -0.3 is 15.0 Å². The molecule has 0 atom stereocenters. The molecule has 2 aromatic carbocycles. The summed E-state index contributed by atoms with van der Waals surface area (Å²) >= 11 is 18.6. The Kier molecular flexibility index (Phi) is 3.57. The Hall–Kier alpha value is -2.33. The third kappa shape index (κ3) is 2.36. The summed E-state index contributed by atoms with van der Waals surface area (Å²) in [6.07, 6.45) is 7.97. The zero-order valence-electron chi connectivity index (χ0n) is 13.3. The number of hydrogen-bond acceptors (Lipinski definition) is 0. The van der Waals surface area contributed by atoms with Crippen LogP contribution in [0.5, 0.6) is 0 Å². The predicted octanol–water partition coefficient (Wildman–Crippen LogP) is 7.27. The maximum atomic E-state index is 6.24. The Morgan fingerprint density at radius 2 is 1.19 bits per heavy atom. The first-order valence-electron chi connectivity index (χ1n) is 8.02. The van der Waals surface area contributed by atoms with Gasteiger partial charge in [0.1, 0.15) is 0 Å². The van der Waals surface area contributed by atoms with Gasteiger partial charge in [-0.2, -0.15) is 0 Å². The zero-order valence-corrected chi connectivity index (χ0v) is 15.6. The molecule has 3 aromatic heterocycles. The van der Waals surface area contributed by atoms with Crippen LogP contribution >= 0.6 is 34.8 Å². The van der Waals surface area contributed by atoms with Crippen molar-refractivity contribution >= 4 is 56.6 Å². The number of benzene rings is 2. The van der Waals surface area contributed by atoms with Crippen molar-refractivity contribution < 1.29 is 0 Å². The number of nitrogens with one attached hydrogen (secondary N) is 3. The minimum Gasteiger partial charge on any atom is -0.366 e. The average molecular weight is 401 g/mol. The molecule has 0 fully saturated rings. The van der Waals surface area contributed by atoms with Gasteiger partial charge in [0.2, 0.25) is 0 Å². The summed E-state index contributed by atoms with van der Waals surface area (Å²) in [6, 6.07) is 9.59. The van der Waals surface area contributed by atoms with E-state index in [1.54, 1.807) is 0 Å². The summed E-state index contributed by atoms with van der Waals surface area (Å²) in [5, 5.41) is 3.89. The van der Waals surface area contributed by atoms with Gasteiger partial charge in [-0.3, -0.25) is 0 Å². The highest BCUT2D eigenvalue weighted by molar-refractivity contribution is 6.43. The van der Waals surface area contributed by atoms with E-state index >= 15 is 0 Å². The van der Waals surface area contributed by atoms with E-state index in [0.29, 0.717) is 15.1 Å². The summed E-state index contributed by atoms with van der Waals surface area (Å²) in [5.41, 5.74) is 6.31. The van der Waals surface area contributed by atoms with Gasteiger partial charge >= 0.3 is 0 Å². The Morgan fingerprint density at radius 3 is 1.92 bits per heavy atom. The van der Waals surface area contributed by atoms with E-state index in [2.05, 4.69) is 15.0 Å². The first-order valence-corrected chi connectivity index (χ1v) is 9.15. The predicted molar refractivity (Wildman–Crippen MR) is 110 cm³/mol. The zero-order chi connectivity index (χ0) is 17.8. The van der Waals surface area contributed by atoms with E-state index in [9.17, 15) is 0 Å². The van der Waals surface area contributed by atoms with Crippen LogP contribution in [-0.2, 0) is 0 Å². The highest BCUT2D eigenvalue weighted by Crippen LogP contribution is 2.40. The highest BCUT2D eigenvalue weighted by Gasteiger charge is 2.16. The van der Waals surface area contributed by atoms with Gasteiger partial charge in [-0.05, 0) is 30.3 Å². The molecule has 0 aliphatic heterocycles. The third-order valence-electron chi connectivity index (χ3n) is 4.69. The molecule has 0 aliphatic carbocycles. The van der Waals surface area contributed by atoms with Gasteiger partial charge in [0.05, 0.1) is 10.0 Å². The molecule has 0 radical (unpaired) electrons. The Morgan fingerprint density at radius 1 is 0.577 bits per heavy atom. The lowest BCUT2D eigenvalue weighted by molar-refractivity contribution is 1.41. The van der Waals surface area contributed by atoms with Crippen molar-refractivity contribution in [1.29, 1.82) is 0 Å². The van der Waals surface area contributed by atoms with Crippen LogP contribution in [-0.4, -0.2) is 15.0 Å². The molecule has 5 aromatic rings. The van der Waals surface area contributed by atoms with Crippen LogP contribution < -0.4 is 0 Å². The fraction of sp³-hybridized carbons (Fsp3) is 0. The molecule has 0 bridgehead atoms. The molecule has 0 aliphatic rings. The van der Waals surface area contributed by atoms with Crippen molar-refractivity contribution in [2.75, 3.05) is 0 Å². The molecule has 128 valence electrons. The second-order valence-electron chi connectivity index (χ2n) is 6.19. The normalized spacial score (nSPS) is 11.7. The first kappa shape index (κ1) is 15.9. The van der Waals surface area contributed by atoms with Crippen molar-refractivity contribution in [2.24, 2.45) is 0 Å². The van der Waals surface area contributed by atoms with Crippen molar-refractivity contribution in [1.82, 2.24) is 15.0 Å². The largest absolute Gasteiger partial charge is 0.366 e. The van der Waals surface area contributed by atoms with Crippen molar-refractivity contribution in [3.63, 3.8) is 0 Å². The van der Waals surface area contributed by atoms with E-state index in [-0.39, 0.29) is 0 Å². The number of hydrogen-bond donors (Lipinski definition) is 3. The van der Waals surface area contributed by atoms with E-state index in [0.717, 1.165) is 44.1 Å². The van der Waals surface area contributed by atoms with Crippen LogP contribution in [0.4, 0.5) is 0 Å². The quantitative estimate of drug-likeness (QED) is 0.279. The fourth-order valence-corrected chi connectivity index (χ4v) is 3.96. The topological polar surface area (TPSA) is 47.4 Å². The van der Waals surface area contributed by atoms with Gasteiger partial charge in [-0.15, -0.1) is 0 Å². The number of aromatic amines is 3. The average Bonchev–Trinajstić information content (AvgIpc) is 3.32. The van der Waals surface area contributed by atoms with Crippen LogP contribution in [0.3, 0.4) is 0 Å². The van der Waals surface area contributed by atoms with Gasteiger partial charge in [0, 0.05) is 73.9 Å². The maximum Gasteiger partial charge on any atom is 0.0613 e. The molecule has 0 spiro atoms. The Labute approximate surface area is 163 Å².